The molecule has 0 spiro atoms. The highest BCUT2D eigenvalue weighted by atomic mass is 35.5. The summed E-state index contributed by atoms with van der Waals surface area (Å²) in [5, 5.41) is 3.61. The first-order valence-electron chi connectivity index (χ1n) is 7.86. The van der Waals surface area contributed by atoms with Gasteiger partial charge in [-0.2, -0.15) is 0 Å². The van der Waals surface area contributed by atoms with E-state index in [2.05, 4.69) is 5.32 Å². The summed E-state index contributed by atoms with van der Waals surface area (Å²) in [6, 6.07) is 7.21. The van der Waals surface area contributed by atoms with Gasteiger partial charge in [0.1, 0.15) is 6.10 Å². The van der Waals surface area contributed by atoms with E-state index in [1.54, 1.807) is 24.1 Å². The third kappa shape index (κ3) is 4.94. The molecule has 2 atom stereocenters. The summed E-state index contributed by atoms with van der Waals surface area (Å²) in [5.41, 5.74) is 0.958. The van der Waals surface area contributed by atoms with Crippen LogP contribution in [0.2, 0.25) is 5.02 Å². The average molecular weight is 339 g/mol. The highest BCUT2D eigenvalue weighted by Crippen LogP contribution is 2.22. The fourth-order valence-corrected chi connectivity index (χ4v) is 2.99. The highest BCUT2D eigenvalue weighted by molar-refractivity contribution is 6.30. The lowest BCUT2D eigenvalue weighted by atomic mass is 10.0. The second-order valence-corrected chi connectivity index (χ2v) is 6.23. The zero-order chi connectivity index (χ0) is 16.8. The van der Waals surface area contributed by atoms with Crippen molar-refractivity contribution in [2.24, 2.45) is 0 Å². The summed E-state index contributed by atoms with van der Waals surface area (Å²) in [6.45, 7) is 3.14. The van der Waals surface area contributed by atoms with Crippen LogP contribution >= 0.6 is 11.6 Å². The minimum atomic E-state index is -0.246. The topological polar surface area (TPSA) is 58.6 Å². The highest BCUT2D eigenvalue weighted by Gasteiger charge is 2.23. The predicted molar refractivity (Wildman–Crippen MR) is 89.2 cm³/mol. The minimum absolute atomic E-state index is 0.0757. The summed E-state index contributed by atoms with van der Waals surface area (Å²) in [4.78, 5) is 25.4. The van der Waals surface area contributed by atoms with Crippen LogP contribution in [0.4, 0.5) is 0 Å². The molecule has 0 saturated carbocycles. The van der Waals surface area contributed by atoms with E-state index in [1.807, 2.05) is 19.1 Å². The zero-order valence-corrected chi connectivity index (χ0v) is 14.3. The van der Waals surface area contributed by atoms with E-state index in [9.17, 15) is 9.59 Å². The van der Waals surface area contributed by atoms with Crippen molar-refractivity contribution in [1.29, 1.82) is 0 Å². The molecule has 1 aromatic rings. The molecular formula is C17H23ClN2O3. The van der Waals surface area contributed by atoms with E-state index < -0.39 is 0 Å². The first-order chi connectivity index (χ1) is 11.0. The van der Waals surface area contributed by atoms with Gasteiger partial charge in [0.15, 0.2) is 0 Å². The second-order valence-electron chi connectivity index (χ2n) is 5.80. The summed E-state index contributed by atoms with van der Waals surface area (Å²) in [5.74, 6) is 0.0648. The van der Waals surface area contributed by atoms with Crippen LogP contribution in [0.25, 0.3) is 0 Å². The molecule has 1 aliphatic heterocycles. The lowest BCUT2D eigenvalue weighted by molar-refractivity contribution is -0.128. The number of methoxy groups -OCH3 is 1. The number of hydrogen-bond acceptors (Lipinski definition) is 3. The number of carbonyl (C=O) groups is 2. The lowest BCUT2D eigenvalue weighted by Crippen LogP contribution is -2.39. The third-order valence-electron chi connectivity index (χ3n) is 4.08. The fraction of sp³-hybridized carbons (Fsp3) is 0.529. The largest absolute Gasteiger partial charge is 0.375 e. The van der Waals surface area contributed by atoms with Crippen LogP contribution < -0.4 is 5.32 Å². The van der Waals surface area contributed by atoms with Crippen LogP contribution in [-0.2, 0) is 14.3 Å². The number of nitrogens with one attached hydrogen (secondary N) is 1. The van der Waals surface area contributed by atoms with E-state index >= 15 is 0 Å². The quantitative estimate of drug-likeness (QED) is 0.831. The van der Waals surface area contributed by atoms with E-state index in [-0.39, 0.29) is 24.0 Å². The maximum absolute atomic E-state index is 12.1. The average Bonchev–Trinajstić information content (AvgIpc) is 2.93. The SMILES string of the molecule is CO[C@@H](c1ccc(Cl)cc1)[C@@H](C)NC(=O)CCN1CCCC1=O. The van der Waals surface area contributed by atoms with E-state index in [4.69, 9.17) is 16.3 Å². The van der Waals surface area contributed by atoms with E-state index in [0.29, 0.717) is 24.4 Å². The molecule has 2 rings (SSSR count). The molecule has 2 amide bonds. The van der Waals surface area contributed by atoms with Crippen molar-refractivity contribution in [3.63, 3.8) is 0 Å². The zero-order valence-electron chi connectivity index (χ0n) is 13.5. The van der Waals surface area contributed by atoms with Gasteiger partial charge in [-0.3, -0.25) is 9.59 Å². The fourth-order valence-electron chi connectivity index (χ4n) is 2.86. The standard InChI is InChI=1S/C17H23ClN2O3/c1-12(17(23-2)13-5-7-14(18)8-6-13)19-15(21)9-11-20-10-3-4-16(20)22/h5-8,12,17H,3-4,9-11H2,1-2H3,(H,19,21)/t12-,17-/m1/s1. The molecule has 1 heterocycles. The van der Waals surface area contributed by atoms with Crippen LogP contribution in [0.5, 0.6) is 0 Å². The Morgan fingerprint density at radius 2 is 2.09 bits per heavy atom. The van der Waals surface area contributed by atoms with Crippen molar-refractivity contribution in [3.05, 3.63) is 34.9 Å². The molecule has 1 saturated heterocycles. The molecule has 6 heteroatoms. The molecule has 1 aliphatic rings. The number of amides is 2. The Balaban J connectivity index is 1.85. The lowest BCUT2D eigenvalue weighted by Gasteiger charge is -2.24. The number of likely N-dealkylation sites (tertiary alicyclic amines) is 1. The molecule has 0 unspecified atom stereocenters. The second kappa shape index (κ2) is 8.31. The summed E-state index contributed by atoms with van der Waals surface area (Å²) >= 11 is 5.90. The number of rotatable bonds is 7. The van der Waals surface area contributed by atoms with E-state index in [0.717, 1.165) is 18.5 Å². The molecule has 0 aromatic heterocycles. The number of benzene rings is 1. The van der Waals surface area contributed by atoms with Crippen LogP contribution in [0.15, 0.2) is 24.3 Å². The summed E-state index contributed by atoms with van der Waals surface area (Å²) in [7, 11) is 1.62. The molecular weight excluding hydrogens is 316 g/mol. The molecule has 1 fully saturated rings. The Morgan fingerprint density at radius 1 is 1.39 bits per heavy atom. The first kappa shape index (κ1) is 17.8. The number of halogens is 1. The Hall–Kier alpha value is -1.59. The van der Waals surface area contributed by atoms with E-state index in [1.165, 1.54) is 0 Å². The smallest absolute Gasteiger partial charge is 0.222 e. The van der Waals surface area contributed by atoms with Gasteiger partial charge in [0.2, 0.25) is 11.8 Å². The maximum Gasteiger partial charge on any atom is 0.222 e. The van der Waals surface area contributed by atoms with Crippen molar-refractivity contribution < 1.29 is 14.3 Å². The third-order valence-corrected chi connectivity index (χ3v) is 4.33. The monoisotopic (exact) mass is 338 g/mol. The number of carbonyl (C=O) groups excluding carboxylic acids is 2. The van der Waals surface area contributed by atoms with Crippen LogP contribution in [0.3, 0.4) is 0 Å². The van der Waals surface area contributed by atoms with Gasteiger partial charge in [0.05, 0.1) is 6.04 Å². The molecule has 0 aliphatic carbocycles. The number of ether oxygens (including phenoxy) is 1. The van der Waals surface area contributed by atoms with Crippen LogP contribution in [-0.4, -0.2) is 43.0 Å². The molecule has 0 bridgehead atoms. The van der Waals surface area contributed by atoms with Gasteiger partial charge in [-0.1, -0.05) is 23.7 Å². The van der Waals surface area contributed by atoms with Gasteiger partial charge in [-0.05, 0) is 31.0 Å². The van der Waals surface area contributed by atoms with Gasteiger partial charge in [-0.25, -0.2) is 0 Å². The Bertz CT molecular complexity index is 547. The summed E-state index contributed by atoms with van der Waals surface area (Å²) < 4.78 is 5.51. The van der Waals surface area contributed by atoms with Crippen LogP contribution in [0.1, 0.15) is 37.9 Å². The minimum Gasteiger partial charge on any atom is -0.375 e. The van der Waals surface area contributed by atoms with Crippen molar-refractivity contribution in [2.45, 2.75) is 38.3 Å². The molecule has 5 nitrogen and oxygen atoms in total. The Morgan fingerprint density at radius 3 is 2.65 bits per heavy atom. The Labute approximate surface area is 141 Å². The van der Waals surface area contributed by atoms with Gasteiger partial charge in [-0.15, -0.1) is 0 Å². The Kier molecular flexibility index (Phi) is 6.42. The molecule has 23 heavy (non-hydrogen) atoms. The van der Waals surface area contributed by atoms with Gasteiger partial charge >= 0.3 is 0 Å². The maximum atomic E-state index is 12.1. The van der Waals surface area contributed by atoms with Crippen molar-refractivity contribution in [3.8, 4) is 0 Å². The number of hydrogen-bond donors (Lipinski definition) is 1. The molecule has 0 radical (unpaired) electrons. The van der Waals surface area contributed by atoms with Crippen molar-refractivity contribution in [1.82, 2.24) is 10.2 Å². The molecule has 1 N–H and O–H groups in total. The summed E-state index contributed by atoms with van der Waals surface area (Å²) in [6.07, 6.45) is 1.55. The number of nitrogens with zero attached hydrogens (tertiary/aromatic N) is 1. The molecule has 126 valence electrons. The van der Waals surface area contributed by atoms with Gasteiger partial charge in [0, 0.05) is 38.1 Å². The van der Waals surface area contributed by atoms with Crippen molar-refractivity contribution in [2.75, 3.05) is 20.2 Å². The normalized spacial score (nSPS) is 17.2. The predicted octanol–water partition coefficient (Wildman–Crippen LogP) is 2.54. The molecule has 1 aromatic carbocycles. The van der Waals surface area contributed by atoms with Crippen molar-refractivity contribution >= 4 is 23.4 Å². The first-order valence-corrected chi connectivity index (χ1v) is 8.24. The van der Waals surface area contributed by atoms with Crippen LogP contribution in [0, 0.1) is 0 Å². The van der Waals surface area contributed by atoms with Gasteiger partial charge in [0.25, 0.3) is 0 Å². The van der Waals surface area contributed by atoms with Gasteiger partial charge < -0.3 is 15.0 Å².